The number of amides is 1. The quantitative estimate of drug-likeness (QED) is 0.691. The van der Waals surface area contributed by atoms with Crippen molar-refractivity contribution in [2.45, 2.75) is 6.04 Å². The number of halogens is 3. The van der Waals surface area contributed by atoms with Crippen LogP contribution in [0.4, 0.5) is 8.78 Å². The highest BCUT2D eigenvalue weighted by molar-refractivity contribution is 6.34. The van der Waals surface area contributed by atoms with E-state index in [1.165, 1.54) is 30.6 Å². The maximum absolute atomic E-state index is 15.1. The van der Waals surface area contributed by atoms with Gasteiger partial charge >= 0.3 is 0 Å². The van der Waals surface area contributed by atoms with E-state index in [2.05, 4.69) is 11.6 Å². The van der Waals surface area contributed by atoms with Crippen LogP contribution < -0.4 is 0 Å². The molecule has 0 atom stereocenters. The lowest BCUT2D eigenvalue weighted by molar-refractivity contribution is -0.131. The van der Waals surface area contributed by atoms with Crippen LogP contribution in [0.1, 0.15) is 6.04 Å². The van der Waals surface area contributed by atoms with Crippen LogP contribution in [0.15, 0.2) is 43.2 Å². The molecule has 5 nitrogen and oxygen atoms in total. The summed E-state index contributed by atoms with van der Waals surface area (Å²) in [6, 6.07) is 5.12. The van der Waals surface area contributed by atoms with Gasteiger partial charge in [0, 0.05) is 18.7 Å². The Morgan fingerprint density at radius 3 is 2.74 bits per heavy atom. The SMILES string of the molecule is C=CC(=O)N1CC(n2cnc3c(F)c(-c4c(O)cccc4F)c(Cl)cc32)C1. The van der Waals surface area contributed by atoms with E-state index < -0.39 is 17.4 Å². The molecule has 27 heavy (non-hydrogen) atoms. The van der Waals surface area contributed by atoms with E-state index in [-0.39, 0.29) is 33.6 Å². The summed E-state index contributed by atoms with van der Waals surface area (Å²) in [5.41, 5.74) is -0.0803. The smallest absolute Gasteiger partial charge is 0.246 e. The van der Waals surface area contributed by atoms with E-state index in [0.717, 1.165) is 6.07 Å². The number of likely N-dealkylation sites (tertiary alicyclic amines) is 1. The van der Waals surface area contributed by atoms with E-state index in [1.54, 1.807) is 9.47 Å². The molecule has 1 saturated heterocycles. The van der Waals surface area contributed by atoms with E-state index in [4.69, 9.17) is 11.6 Å². The standard InChI is InChI=1S/C19H14ClF2N3O2/c1-2-15(27)24-7-10(8-24)25-9-23-19-13(25)6-11(20)16(18(19)22)17-12(21)4-3-5-14(17)26/h2-6,9-10,26H,1,7-8H2. The number of hydrogen-bond acceptors (Lipinski definition) is 3. The number of imidazole rings is 1. The molecule has 0 bridgehead atoms. The molecular weight excluding hydrogens is 376 g/mol. The third kappa shape index (κ3) is 2.66. The molecule has 0 saturated carbocycles. The maximum atomic E-state index is 15.1. The summed E-state index contributed by atoms with van der Waals surface area (Å²) in [5.74, 6) is -2.17. The first-order chi connectivity index (χ1) is 12.9. The second-order valence-corrected chi connectivity index (χ2v) is 6.71. The third-order valence-corrected chi connectivity index (χ3v) is 5.04. The number of rotatable bonds is 3. The molecule has 8 heteroatoms. The van der Waals surface area contributed by atoms with E-state index in [9.17, 15) is 14.3 Å². The zero-order valence-electron chi connectivity index (χ0n) is 14.0. The van der Waals surface area contributed by atoms with Crippen molar-refractivity contribution in [3.8, 4) is 16.9 Å². The van der Waals surface area contributed by atoms with Crippen molar-refractivity contribution in [2.24, 2.45) is 0 Å². The zero-order chi connectivity index (χ0) is 19.3. The Labute approximate surface area is 158 Å². The minimum absolute atomic E-state index is 0.0190. The van der Waals surface area contributed by atoms with E-state index in [1.807, 2.05) is 0 Å². The van der Waals surface area contributed by atoms with Gasteiger partial charge in [-0.15, -0.1) is 0 Å². The summed E-state index contributed by atoms with van der Waals surface area (Å²) in [4.78, 5) is 17.3. The Balaban J connectivity index is 1.79. The lowest BCUT2D eigenvalue weighted by atomic mass is 10.0. The van der Waals surface area contributed by atoms with Crippen LogP contribution in [-0.4, -0.2) is 38.6 Å². The fourth-order valence-electron chi connectivity index (χ4n) is 3.32. The van der Waals surface area contributed by atoms with Gasteiger partial charge in [0.15, 0.2) is 5.82 Å². The van der Waals surface area contributed by atoms with Gasteiger partial charge in [-0.25, -0.2) is 13.8 Å². The van der Waals surface area contributed by atoms with Crippen molar-refractivity contribution in [1.29, 1.82) is 0 Å². The Morgan fingerprint density at radius 2 is 2.07 bits per heavy atom. The minimum Gasteiger partial charge on any atom is -0.507 e. The molecule has 1 N–H and O–H groups in total. The normalized spacial score (nSPS) is 14.4. The molecule has 1 aliphatic heterocycles. The molecule has 4 rings (SSSR count). The summed E-state index contributed by atoms with van der Waals surface area (Å²) in [7, 11) is 0. The molecule has 0 radical (unpaired) electrons. The van der Waals surface area contributed by atoms with E-state index in [0.29, 0.717) is 18.6 Å². The highest BCUT2D eigenvalue weighted by atomic mass is 35.5. The number of fused-ring (bicyclic) bond motifs is 1. The van der Waals surface area contributed by atoms with Gasteiger partial charge in [-0.05, 0) is 24.3 Å². The second kappa shape index (κ2) is 6.35. The van der Waals surface area contributed by atoms with Gasteiger partial charge < -0.3 is 14.6 Å². The van der Waals surface area contributed by atoms with Crippen LogP contribution in [0.3, 0.4) is 0 Å². The average Bonchev–Trinajstić information content (AvgIpc) is 2.99. The zero-order valence-corrected chi connectivity index (χ0v) is 14.7. The van der Waals surface area contributed by atoms with Crippen LogP contribution in [0, 0.1) is 11.6 Å². The number of benzene rings is 2. The molecule has 1 amide bonds. The molecule has 138 valence electrons. The fraction of sp³-hybridized carbons (Fsp3) is 0.158. The summed E-state index contributed by atoms with van der Waals surface area (Å²) < 4.78 is 31.0. The Morgan fingerprint density at radius 1 is 1.33 bits per heavy atom. The molecule has 0 unspecified atom stereocenters. The van der Waals surface area contributed by atoms with Crippen molar-refractivity contribution in [3.63, 3.8) is 0 Å². The number of aromatic nitrogens is 2. The number of nitrogens with zero attached hydrogens (tertiary/aromatic N) is 3. The highest BCUT2D eigenvalue weighted by Crippen LogP contribution is 2.41. The molecular formula is C19H14ClF2N3O2. The Kier molecular flexibility index (Phi) is 4.11. The van der Waals surface area contributed by atoms with Crippen LogP contribution >= 0.6 is 11.6 Å². The van der Waals surface area contributed by atoms with Crippen LogP contribution in [0.2, 0.25) is 5.02 Å². The van der Waals surface area contributed by atoms with E-state index >= 15 is 4.39 Å². The average molecular weight is 390 g/mol. The summed E-state index contributed by atoms with van der Waals surface area (Å²) in [5, 5.41) is 9.93. The third-order valence-electron chi connectivity index (χ3n) is 4.75. The van der Waals surface area contributed by atoms with Gasteiger partial charge in [0.25, 0.3) is 0 Å². The van der Waals surface area contributed by atoms with Gasteiger partial charge in [-0.2, -0.15) is 0 Å². The van der Waals surface area contributed by atoms with Crippen molar-refractivity contribution in [3.05, 3.63) is 59.9 Å². The van der Waals surface area contributed by atoms with Crippen molar-refractivity contribution in [1.82, 2.24) is 14.5 Å². The maximum Gasteiger partial charge on any atom is 0.246 e. The topological polar surface area (TPSA) is 58.4 Å². The lowest BCUT2D eigenvalue weighted by Gasteiger charge is -2.39. The number of carbonyl (C=O) groups is 1. The Hall–Kier alpha value is -2.93. The predicted octanol–water partition coefficient (Wildman–Crippen LogP) is 3.91. The summed E-state index contributed by atoms with van der Waals surface area (Å²) in [6.45, 7) is 4.35. The number of hydrogen-bond donors (Lipinski definition) is 1. The fourth-order valence-corrected chi connectivity index (χ4v) is 3.60. The first-order valence-corrected chi connectivity index (χ1v) is 8.54. The molecule has 2 heterocycles. The van der Waals surface area contributed by atoms with Crippen molar-refractivity contribution in [2.75, 3.05) is 13.1 Å². The number of aromatic hydroxyl groups is 1. The molecule has 3 aromatic rings. The molecule has 0 aliphatic carbocycles. The molecule has 1 fully saturated rings. The first kappa shape index (κ1) is 17.5. The molecule has 2 aromatic carbocycles. The summed E-state index contributed by atoms with van der Waals surface area (Å²) in [6.07, 6.45) is 2.71. The number of phenols is 1. The largest absolute Gasteiger partial charge is 0.507 e. The van der Waals surface area contributed by atoms with Gasteiger partial charge in [-0.3, -0.25) is 4.79 Å². The van der Waals surface area contributed by atoms with Crippen LogP contribution in [0.25, 0.3) is 22.2 Å². The number of phenolic OH excluding ortho intramolecular Hbond substituents is 1. The monoisotopic (exact) mass is 389 g/mol. The minimum atomic E-state index is -0.810. The number of carbonyl (C=O) groups excluding carboxylic acids is 1. The van der Waals surface area contributed by atoms with Crippen LogP contribution in [-0.2, 0) is 4.79 Å². The highest BCUT2D eigenvalue weighted by Gasteiger charge is 2.32. The lowest BCUT2D eigenvalue weighted by Crippen LogP contribution is -2.49. The first-order valence-electron chi connectivity index (χ1n) is 8.16. The second-order valence-electron chi connectivity index (χ2n) is 6.30. The van der Waals surface area contributed by atoms with Crippen molar-refractivity contribution >= 4 is 28.5 Å². The molecule has 0 spiro atoms. The molecule has 1 aliphatic rings. The van der Waals surface area contributed by atoms with Crippen LogP contribution in [0.5, 0.6) is 5.75 Å². The van der Waals surface area contributed by atoms with Gasteiger partial charge in [0.05, 0.1) is 28.5 Å². The predicted molar refractivity (Wildman–Crippen MR) is 97.6 cm³/mol. The van der Waals surface area contributed by atoms with Gasteiger partial charge in [0.1, 0.15) is 17.1 Å². The van der Waals surface area contributed by atoms with Gasteiger partial charge in [0.2, 0.25) is 5.91 Å². The van der Waals surface area contributed by atoms with Crippen molar-refractivity contribution < 1.29 is 18.7 Å². The van der Waals surface area contributed by atoms with Gasteiger partial charge in [-0.1, -0.05) is 24.2 Å². The Bertz CT molecular complexity index is 1070. The summed E-state index contributed by atoms with van der Waals surface area (Å²) >= 11 is 6.25. The molecule has 1 aromatic heterocycles.